The number of rotatable bonds is 7. The highest BCUT2D eigenvalue weighted by molar-refractivity contribution is 5.25. The zero-order chi connectivity index (χ0) is 13.8. The van der Waals surface area contributed by atoms with Gasteiger partial charge in [0.2, 0.25) is 0 Å². The summed E-state index contributed by atoms with van der Waals surface area (Å²) in [6.07, 6.45) is 4.39. The number of benzene rings is 1. The van der Waals surface area contributed by atoms with Crippen molar-refractivity contribution in [1.82, 2.24) is 5.32 Å². The summed E-state index contributed by atoms with van der Waals surface area (Å²) in [5.41, 5.74) is 2.39. The fourth-order valence-corrected chi connectivity index (χ4v) is 2.55. The topological polar surface area (TPSA) is 32.3 Å². The normalized spacial score (nSPS) is 18.6. The molecule has 0 heterocycles. The summed E-state index contributed by atoms with van der Waals surface area (Å²) >= 11 is 0. The quantitative estimate of drug-likeness (QED) is 0.788. The van der Waals surface area contributed by atoms with Gasteiger partial charge in [-0.05, 0) is 36.3 Å². The van der Waals surface area contributed by atoms with Gasteiger partial charge in [-0.25, -0.2) is 0 Å². The lowest BCUT2D eigenvalue weighted by molar-refractivity contribution is 0.104. The Morgan fingerprint density at radius 3 is 2.32 bits per heavy atom. The van der Waals surface area contributed by atoms with Crippen molar-refractivity contribution in [3.05, 3.63) is 35.4 Å². The first-order valence-electron chi connectivity index (χ1n) is 7.64. The van der Waals surface area contributed by atoms with Gasteiger partial charge in [-0.15, -0.1) is 0 Å². The van der Waals surface area contributed by atoms with Crippen LogP contribution in [0.4, 0.5) is 0 Å². The molecule has 1 saturated carbocycles. The molecule has 0 spiro atoms. The Balaban J connectivity index is 2.04. The summed E-state index contributed by atoms with van der Waals surface area (Å²) < 4.78 is 0. The maximum atomic E-state index is 10.6. The summed E-state index contributed by atoms with van der Waals surface area (Å²) in [7, 11) is 0. The van der Waals surface area contributed by atoms with Gasteiger partial charge in [0.05, 0.1) is 6.10 Å². The molecule has 1 aromatic rings. The Morgan fingerprint density at radius 1 is 1.21 bits per heavy atom. The molecule has 1 aliphatic carbocycles. The van der Waals surface area contributed by atoms with E-state index in [0.717, 1.165) is 12.0 Å². The van der Waals surface area contributed by atoms with Crippen LogP contribution < -0.4 is 5.32 Å². The minimum Gasteiger partial charge on any atom is -0.387 e. The van der Waals surface area contributed by atoms with E-state index in [9.17, 15) is 5.11 Å². The van der Waals surface area contributed by atoms with Crippen LogP contribution in [0.1, 0.15) is 57.3 Å². The van der Waals surface area contributed by atoms with E-state index in [1.807, 2.05) is 0 Å². The summed E-state index contributed by atoms with van der Waals surface area (Å²) in [5.74, 6) is 0.436. The van der Waals surface area contributed by atoms with Crippen LogP contribution in [0.2, 0.25) is 0 Å². The third kappa shape index (κ3) is 4.05. The van der Waals surface area contributed by atoms with Gasteiger partial charge in [-0.3, -0.25) is 0 Å². The molecule has 0 bridgehead atoms. The summed E-state index contributed by atoms with van der Waals surface area (Å²) in [4.78, 5) is 0. The van der Waals surface area contributed by atoms with Gasteiger partial charge < -0.3 is 10.4 Å². The van der Waals surface area contributed by atoms with E-state index in [4.69, 9.17) is 0 Å². The molecule has 106 valence electrons. The molecule has 0 aliphatic heterocycles. The standard InChI is InChI=1S/C17H27NO/c1-4-5-13-6-8-14(9-7-13)17(19)16(12(2)3)18-15-10-11-15/h6-9,12,15-19H,4-5,10-11H2,1-3H3. The Bertz CT molecular complexity index is 381. The van der Waals surface area contributed by atoms with Crippen LogP contribution in [0, 0.1) is 5.92 Å². The van der Waals surface area contributed by atoms with Crippen molar-refractivity contribution in [2.45, 2.75) is 64.6 Å². The van der Waals surface area contributed by atoms with Crippen molar-refractivity contribution in [1.29, 1.82) is 0 Å². The fourth-order valence-electron chi connectivity index (χ4n) is 2.55. The summed E-state index contributed by atoms with van der Waals surface area (Å²) in [6.45, 7) is 6.54. The van der Waals surface area contributed by atoms with E-state index in [1.54, 1.807) is 0 Å². The Labute approximate surface area is 117 Å². The van der Waals surface area contributed by atoms with Gasteiger partial charge in [-0.1, -0.05) is 51.5 Å². The number of nitrogens with one attached hydrogen (secondary N) is 1. The SMILES string of the molecule is CCCc1ccc(C(O)C(NC2CC2)C(C)C)cc1. The monoisotopic (exact) mass is 261 g/mol. The van der Waals surface area contributed by atoms with Crippen LogP contribution >= 0.6 is 0 Å². The lowest BCUT2D eigenvalue weighted by Gasteiger charge is -2.28. The molecule has 2 heteroatoms. The first-order valence-corrected chi connectivity index (χ1v) is 7.64. The highest BCUT2D eigenvalue weighted by Crippen LogP contribution is 2.27. The van der Waals surface area contributed by atoms with E-state index in [-0.39, 0.29) is 6.04 Å². The van der Waals surface area contributed by atoms with Gasteiger partial charge in [0, 0.05) is 12.1 Å². The molecule has 1 fully saturated rings. The Morgan fingerprint density at radius 2 is 1.84 bits per heavy atom. The smallest absolute Gasteiger partial charge is 0.0945 e. The van der Waals surface area contributed by atoms with Crippen LogP contribution in [-0.4, -0.2) is 17.2 Å². The predicted molar refractivity (Wildman–Crippen MR) is 80.2 cm³/mol. The number of aryl methyl sites for hydroxylation is 1. The van der Waals surface area contributed by atoms with Crippen molar-refractivity contribution < 1.29 is 5.11 Å². The minimum atomic E-state index is -0.406. The predicted octanol–water partition coefficient (Wildman–Crippen LogP) is 3.45. The maximum absolute atomic E-state index is 10.6. The van der Waals surface area contributed by atoms with E-state index >= 15 is 0 Å². The van der Waals surface area contributed by atoms with Gasteiger partial charge in [0.1, 0.15) is 0 Å². The second-order valence-electron chi connectivity index (χ2n) is 6.15. The van der Waals surface area contributed by atoms with Crippen molar-refractivity contribution in [3.8, 4) is 0 Å². The lowest BCUT2D eigenvalue weighted by Crippen LogP contribution is -2.40. The number of aliphatic hydroxyl groups is 1. The second-order valence-corrected chi connectivity index (χ2v) is 6.15. The molecule has 0 aromatic heterocycles. The zero-order valence-corrected chi connectivity index (χ0v) is 12.4. The van der Waals surface area contributed by atoms with E-state index < -0.39 is 6.10 Å². The average Bonchev–Trinajstić information content (AvgIpc) is 3.20. The molecule has 2 unspecified atom stereocenters. The van der Waals surface area contributed by atoms with E-state index in [0.29, 0.717) is 12.0 Å². The molecule has 1 aliphatic rings. The highest BCUT2D eigenvalue weighted by atomic mass is 16.3. The van der Waals surface area contributed by atoms with Crippen LogP contribution in [-0.2, 0) is 6.42 Å². The molecule has 1 aromatic carbocycles. The Kier molecular flexibility index (Phi) is 5.00. The van der Waals surface area contributed by atoms with E-state index in [1.165, 1.54) is 24.8 Å². The largest absolute Gasteiger partial charge is 0.387 e. The van der Waals surface area contributed by atoms with Crippen molar-refractivity contribution in [3.63, 3.8) is 0 Å². The van der Waals surface area contributed by atoms with Crippen LogP contribution in [0.15, 0.2) is 24.3 Å². The summed E-state index contributed by atoms with van der Waals surface area (Å²) in [6, 6.07) is 9.25. The first kappa shape index (κ1) is 14.5. The average molecular weight is 261 g/mol. The zero-order valence-electron chi connectivity index (χ0n) is 12.4. The van der Waals surface area contributed by atoms with Gasteiger partial charge in [-0.2, -0.15) is 0 Å². The van der Waals surface area contributed by atoms with Gasteiger partial charge in [0.15, 0.2) is 0 Å². The third-order valence-corrected chi connectivity index (χ3v) is 3.92. The Hall–Kier alpha value is -0.860. The molecule has 19 heavy (non-hydrogen) atoms. The fraction of sp³-hybridized carbons (Fsp3) is 0.647. The second kappa shape index (κ2) is 6.53. The molecular weight excluding hydrogens is 234 g/mol. The van der Waals surface area contributed by atoms with E-state index in [2.05, 4.69) is 50.4 Å². The molecule has 2 rings (SSSR count). The molecule has 2 nitrogen and oxygen atoms in total. The van der Waals surface area contributed by atoms with Crippen molar-refractivity contribution in [2.24, 2.45) is 5.92 Å². The van der Waals surface area contributed by atoms with Crippen molar-refractivity contribution in [2.75, 3.05) is 0 Å². The summed E-state index contributed by atoms with van der Waals surface area (Å²) in [5, 5.41) is 14.2. The lowest BCUT2D eigenvalue weighted by atomic mass is 9.92. The van der Waals surface area contributed by atoms with Crippen molar-refractivity contribution >= 4 is 0 Å². The molecular formula is C17H27NO. The minimum absolute atomic E-state index is 0.157. The van der Waals surface area contributed by atoms with Gasteiger partial charge in [0.25, 0.3) is 0 Å². The van der Waals surface area contributed by atoms with Crippen LogP contribution in [0.3, 0.4) is 0 Å². The van der Waals surface area contributed by atoms with Gasteiger partial charge >= 0.3 is 0 Å². The first-order chi connectivity index (χ1) is 9.11. The molecule has 2 atom stereocenters. The number of hydrogen-bond donors (Lipinski definition) is 2. The molecule has 0 radical (unpaired) electrons. The highest BCUT2D eigenvalue weighted by Gasteiger charge is 2.30. The maximum Gasteiger partial charge on any atom is 0.0945 e. The number of aliphatic hydroxyl groups excluding tert-OH is 1. The number of hydrogen-bond acceptors (Lipinski definition) is 2. The third-order valence-electron chi connectivity index (χ3n) is 3.92. The van der Waals surface area contributed by atoms with Crippen LogP contribution in [0.25, 0.3) is 0 Å². The molecule has 0 amide bonds. The molecule has 2 N–H and O–H groups in total. The van der Waals surface area contributed by atoms with Crippen LogP contribution in [0.5, 0.6) is 0 Å². The molecule has 0 saturated heterocycles.